The van der Waals surface area contributed by atoms with Crippen LogP contribution in [0, 0.1) is 5.41 Å². The van der Waals surface area contributed by atoms with Gasteiger partial charge in [0.05, 0.1) is 19.3 Å². The van der Waals surface area contributed by atoms with Gasteiger partial charge in [-0.15, -0.1) is 0 Å². The maximum Gasteiger partial charge on any atom is 0.258 e. The fourth-order valence-corrected chi connectivity index (χ4v) is 4.77. The Morgan fingerprint density at radius 1 is 0.947 bits per heavy atom. The van der Waals surface area contributed by atoms with Crippen LogP contribution < -0.4 is 25.4 Å². The number of amides is 1. The standard InChI is InChI=1S/C31H32N4O3/c1-37-26-12-10-23(11-13-26)31(36)35(28-4-2-3-5-29(28)38-27-14-16-34-17-15-27)20-21-6-7-22-8-9-24(30(32)33)19-25(22)18-21/h2-13,18-19,27,34H,14-17,20H2,1H3,(H3,32,33). The zero-order valence-corrected chi connectivity index (χ0v) is 21.4. The molecule has 7 heteroatoms. The monoisotopic (exact) mass is 508 g/mol. The molecule has 0 aliphatic carbocycles. The van der Waals surface area contributed by atoms with Crippen molar-refractivity contribution in [2.45, 2.75) is 25.5 Å². The number of hydrogen-bond donors (Lipinski definition) is 3. The number of nitrogens with one attached hydrogen (secondary N) is 2. The van der Waals surface area contributed by atoms with E-state index in [9.17, 15) is 4.79 Å². The number of nitrogens with zero attached hydrogens (tertiary/aromatic N) is 1. The van der Waals surface area contributed by atoms with Crippen LogP contribution in [0.2, 0.25) is 0 Å². The first kappa shape index (κ1) is 25.3. The molecular formula is C31H32N4O3. The van der Waals surface area contributed by atoms with Gasteiger partial charge in [-0.05, 0) is 90.8 Å². The van der Waals surface area contributed by atoms with E-state index in [1.165, 1.54) is 0 Å². The molecule has 0 bridgehead atoms. The molecular weight excluding hydrogens is 476 g/mol. The van der Waals surface area contributed by atoms with E-state index in [0.29, 0.717) is 29.2 Å². The van der Waals surface area contributed by atoms with Gasteiger partial charge in [-0.25, -0.2) is 0 Å². The lowest BCUT2D eigenvalue weighted by atomic mass is 10.0. The highest BCUT2D eigenvalue weighted by Gasteiger charge is 2.24. The molecule has 194 valence electrons. The van der Waals surface area contributed by atoms with Crippen molar-refractivity contribution in [3.8, 4) is 11.5 Å². The third-order valence-corrected chi connectivity index (χ3v) is 6.87. The average molecular weight is 509 g/mol. The quantitative estimate of drug-likeness (QED) is 0.227. The van der Waals surface area contributed by atoms with Crippen molar-refractivity contribution >= 4 is 28.2 Å². The fraction of sp³-hybridized carbons (Fsp3) is 0.226. The molecule has 0 atom stereocenters. The lowest BCUT2D eigenvalue weighted by Crippen LogP contribution is -2.35. The zero-order valence-electron chi connectivity index (χ0n) is 21.4. The molecule has 0 aromatic heterocycles. The molecule has 0 radical (unpaired) electrons. The van der Waals surface area contributed by atoms with Gasteiger partial charge < -0.3 is 25.4 Å². The van der Waals surface area contributed by atoms with Gasteiger partial charge in [0, 0.05) is 11.1 Å². The highest BCUT2D eigenvalue weighted by atomic mass is 16.5. The summed E-state index contributed by atoms with van der Waals surface area (Å²) in [5.41, 5.74) is 8.63. The molecule has 1 fully saturated rings. The van der Waals surface area contributed by atoms with Crippen molar-refractivity contribution in [2.75, 3.05) is 25.1 Å². The van der Waals surface area contributed by atoms with E-state index in [1.54, 1.807) is 36.3 Å². The Balaban J connectivity index is 1.53. The van der Waals surface area contributed by atoms with Crippen LogP contribution in [-0.4, -0.2) is 38.0 Å². The van der Waals surface area contributed by atoms with E-state index in [1.807, 2.05) is 60.7 Å². The Hall–Kier alpha value is -4.36. The first-order chi connectivity index (χ1) is 18.5. The van der Waals surface area contributed by atoms with E-state index in [2.05, 4.69) is 5.32 Å². The summed E-state index contributed by atoms with van der Waals surface area (Å²) >= 11 is 0. The van der Waals surface area contributed by atoms with Crippen LogP contribution in [0.1, 0.15) is 34.3 Å². The van der Waals surface area contributed by atoms with Gasteiger partial charge in [-0.1, -0.05) is 36.4 Å². The molecule has 4 aromatic carbocycles. The highest BCUT2D eigenvalue weighted by molar-refractivity contribution is 6.07. The molecule has 0 spiro atoms. The van der Waals surface area contributed by atoms with Gasteiger partial charge in [0.1, 0.15) is 23.4 Å². The molecule has 7 nitrogen and oxygen atoms in total. The minimum atomic E-state index is -0.133. The SMILES string of the molecule is COc1ccc(C(=O)N(Cc2ccc3ccc(C(=N)N)cc3c2)c2ccccc2OC2CCNCC2)cc1. The molecule has 0 saturated carbocycles. The van der Waals surface area contributed by atoms with Crippen LogP contribution in [0.5, 0.6) is 11.5 Å². The summed E-state index contributed by atoms with van der Waals surface area (Å²) in [6.07, 6.45) is 1.94. The van der Waals surface area contributed by atoms with Crippen molar-refractivity contribution in [3.63, 3.8) is 0 Å². The first-order valence-corrected chi connectivity index (χ1v) is 12.8. The Morgan fingerprint density at radius 3 is 2.39 bits per heavy atom. The smallest absolute Gasteiger partial charge is 0.258 e. The summed E-state index contributed by atoms with van der Waals surface area (Å²) in [6, 6.07) is 26.7. The number of carbonyl (C=O) groups is 1. The van der Waals surface area contributed by atoms with Gasteiger partial charge in [0.15, 0.2) is 0 Å². The highest BCUT2D eigenvalue weighted by Crippen LogP contribution is 2.33. The van der Waals surface area contributed by atoms with Crippen LogP contribution >= 0.6 is 0 Å². The number of carbonyl (C=O) groups excluding carboxylic acids is 1. The number of fused-ring (bicyclic) bond motifs is 1. The second kappa shape index (κ2) is 11.4. The number of methoxy groups -OCH3 is 1. The molecule has 0 unspecified atom stereocenters. The predicted molar refractivity (Wildman–Crippen MR) is 151 cm³/mol. The number of nitrogens with two attached hydrogens (primary N) is 1. The van der Waals surface area contributed by atoms with Crippen molar-refractivity contribution in [1.82, 2.24) is 5.32 Å². The molecule has 1 amide bonds. The second-order valence-electron chi connectivity index (χ2n) is 9.46. The maximum atomic E-state index is 14.0. The van der Waals surface area contributed by atoms with Crippen molar-refractivity contribution in [3.05, 3.63) is 102 Å². The average Bonchev–Trinajstić information content (AvgIpc) is 2.96. The molecule has 38 heavy (non-hydrogen) atoms. The molecule has 1 aliphatic rings. The van der Waals surface area contributed by atoms with Crippen LogP contribution in [0.15, 0.2) is 84.9 Å². The van der Waals surface area contributed by atoms with Crippen LogP contribution in [-0.2, 0) is 6.54 Å². The number of nitrogen functional groups attached to an aromatic ring is 1. The normalized spacial score (nSPS) is 13.7. The largest absolute Gasteiger partial charge is 0.497 e. The van der Waals surface area contributed by atoms with Crippen molar-refractivity contribution in [1.29, 1.82) is 5.41 Å². The number of anilines is 1. The molecule has 1 aliphatic heterocycles. The lowest BCUT2D eigenvalue weighted by molar-refractivity contribution is 0.0982. The summed E-state index contributed by atoms with van der Waals surface area (Å²) < 4.78 is 11.7. The van der Waals surface area contributed by atoms with Crippen LogP contribution in [0.25, 0.3) is 10.8 Å². The maximum absolute atomic E-state index is 14.0. The Kier molecular flexibility index (Phi) is 7.56. The first-order valence-electron chi connectivity index (χ1n) is 12.8. The Bertz CT molecular complexity index is 1450. The predicted octanol–water partition coefficient (Wildman–Crippen LogP) is 5.11. The summed E-state index contributed by atoms with van der Waals surface area (Å²) in [7, 11) is 1.61. The Morgan fingerprint density at radius 2 is 1.66 bits per heavy atom. The summed E-state index contributed by atoms with van der Waals surface area (Å²) in [4.78, 5) is 15.7. The molecule has 4 aromatic rings. The molecule has 4 N–H and O–H groups in total. The van der Waals surface area contributed by atoms with Crippen LogP contribution in [0.4, 0.5) is 5.69 Å². The van der Waals surface area contributed by atoms with Crippen molar-refractivity contribution in [2.24, 2.45) is 5.73 Å². The number of amidine groups is 1. The summed E-state index contributed by atoms with van der Waals surface area (Å²) in [5.74, 6) is 1.28. The number of piperidine rings is 1. The summed E-state index contributed by atoms with van der Waals surface area (Å²) in [6.45, 7) is 2.18. The number of para-hydroxylation sites is 2. The number of ether oxygens (including phenoxy) is 2. The van der Waals surface area contributed by atoms with E-state index < -0.39 is 0 Å². The molecule has 1 heterocycles. The van der Waals surface area contributed by atoms with Gasteiger partial charge in [0.25, 0.3) is 5.91 Å². The Labute approximate surface area is 222 Å². The minimum absolute atomic E-state index is 0.0256. The summed E-state index contributed by atoms with van der Waals surface area (Å²) in [5, 5.41) is 13.2. The van der Waals surface area contributed by atoms with E-state index in [0.717, 1.165) is 48.0 Å². The third kappa shape index (κ3) is 5.63. The molecule has 1 saturated heterocycles. The van der Waals surface area contributed by atoms with Gasteiger partial charge in [-0.3, -0.25) is 10.2 Å². The van der Waals surface area contributed by atoms with Gasteiger partial charge >= 0.3 is 0 Å². The number of rotatable bonds is 8. The van der Waals surface area contributed by atoms with Gasteiger partial charge in [-0.2, -0.15) is 0 Å². The number of hydrogen-bond acceptors (Lipinski definition) is 5. The van der Waals surface area contributed by atoms with Crippen LogP contribution in [0.3, 0.4) is 0 Å². The second-order valence-corrected chi connectivity index (χ2v) is 9.46. The van der Waals surface area contributed by atoms with E-state index in [-0.39, 0.29) is 17.8 Å². The van der Waals surface area contributed by atoms with E-state index >= 15 is 0 Å². The third-order valence-electron chi connectivity index (χ3n) is 6.87. The van der Waals surface area contributed by atoms with E-state index in [4.69, 9.17) is 20.6 Å². The zero-order chi connectivity index (χ0) is 26.5. The topological polar surface area (TPSA) is 101 Å². The molecule has 5 rings (SSSR count). The van der Waals surface area contributed by atoms with Crippen molar-refractivity contribution < 1.29 is 14.3 Å². The minimum Gasteiger partial charge on any atom is -0.497 e. The fourth-order valence-electron chi connectivity index (χ4n) is 4.77. The number of benzene rings is 4. The lowest BCUT2D eigenvalue weighted by Gasteiger charge is -2.29. The van der Waals surface area contributed by atoms with Gasteiger partial charge in [0.2, 0.25) is 0 Å².